The molecular formula is C14H25N3. The summed E-state index contributed by atoms with van der Waals surface area (Å²) in [5.41, 5.74) is 1.79. The van der Waals surface area contributed by atoms with Crippen LogP contribution in [0, 0.1) is 11.3 Å². The third-order valence-electron chi connectivity index (χ3n) is 4.12. The summed E-state index contributed by atoms with van der Waals surface area (Å²) in [4.78, 5) is 2.55. The lowest BCUT2D eigenvalue weighted by Crippen LogP contribution is -2.37. The lowest BCUT2D eigenvalue weighted by Gasteiger charge is -2.38. The van der Waals surface area contributed by atoms with Crippen LogP contribution in [0.25, 0.3) is 0 Å². The van der Waals surface area contributed by atoms with Gasteiger partial charge in [0.05, 0.1) is 5.69 Å². The normalized spacial score (nSPS) is 19.8. The molecule has 1 aromatic rings. The second-order valence-electron chi connectivity index (χ2n) is 6.36. The average molecular weight is 235 g/mol. The summed E-state index contributed by atoms with van der Waals surface area (Å²) in [7, 11) is 2.03. The topological polar surface area (TPSA) is 21.1 Å². The van der Waals surface area contributed by atoms with E-state index in [1.807, 2.05) is 17.9 Å². The molecule has 96 valence electrons. The second kappa shape index (κ2) is 4.81. The molecule has 3 nitrogen and oxygen atoms in total. The van der Waals surface area contributed by atoms with Gasteiger partial charge in [0.15, 0.2) is 0 Å². The van der Waals surface area contributed by atoms with Crippen molar-refractivity contribution in [2.45, 2.75) is 40.2 Å². The summed E-state index contributed by atoms with van der Waals surface area (Å²) in [5, 5.41) is 4.23. The van der Waals surface area contributed by atoms with E-state index in [2.05, 4.69) is 36.8 Å². The summed E-state index contributed by atoms with van der Waals surface area (Å²) in [6.07, 6.45) is 4.56. The van der Waals surface area contributed by atoms with Gasteiger partial charge in [-0.1, -0.05) is 20.8 Å². The molecule has 3 heteroatoms. The van der Waals surface area contributed by atoms with E-state index >= 15 is 0 Å². The Kier molecular flexibility index (Phi) is 3.57. The highest BCUT2D eigenvalue weighted by molar-refractivity contribution is 5.00. The first kappa shape index (κ1) is 12.6. The number of rotatable bonds is 2. The predicted molar refractivity (Wildman–Crippen MR) is 70.7 cm³/mol. The van der Waals surface area contributed by atoms with Crippen LogP contribution in [0.4, 0.5) is 0 Å². The molecule has 2 rings (SSSR count). The number of nitrogens with zero attached hydrogens (tertiary/aromatic N) is 3. The molecule has 0 amide bonds. The van der Waals surface area contributed by atoms with Crippen molar-refractivity contribution in [1.29, 1.82) is 0 Å². The SMILES string of the molecule is Cn1nccc1CN1CCC(C(C)(C)C)CC1. The number of likely N-dealkylation sites (tertiary alicyclic amines) is 1. The van der Waals surface area contributed by atoms with Crippen molar-refractivity contribution in [3.63, 3.8) is 0 Å². The molecule has 2 heterocycles. The van der Waals surface area contributed by atoms with Crippen LogP contribution < -0.4 is 0 Å². The quantitative estimate of drug-likeness (QED) is 0.786. The highest BCUT2D eigenvalue weighted by atomic mass is 15.3. The second-order valence-corrected chi connectivity index (χ2v) is 6.36. The summed E-state index contributed by atoms with van der Waals surface area (Å²) >= 11 is 0. The van der Waals surface area contributed by atoms with Gasteiger partial charge in [0.25, 0.3) is 0 Å². The highest BCUT2D eigenvalue weighted by Crippen LogP contribution is 2.34. The minimum atomic E-state index is 0.471. The molecule has 0 radical (unpaired) electrons. The molecule has 1 aliphatic rings. The highest BCUT2D eigenvalue weighted by Gasteiger charge is 2.28. The Morgan fingerprint density at radius 3 is 2.41 bits per heavy atom. The third-order valence-corrected chi connectivity index (χ3v) is 4.12. The average Bonchev–Trinajstić information content (AvgIpc) is 2.64. The maximum atomic E-state index is 4.23. The van der Waals surface area contributed by atoms with E-state index < -0.39 is 0 Å². The zero-order valence-electron chi connectivity index (χ0n) is 11.6. The number of aromatic nitrogens is 2. The number of piperidine rings is 1. The van der Waals surface area contributed by atoms with Gasteiger partial charge in [0, 0.05) is 19.8 Å². The van der Waals surface area contributed by atoms with E-state index in [0.29, 0.717) is 5.41 Å². The Bertz CT molecular complexity index is 354. The first-order valence-electron chi connectivity index (χ1n) is 6.66. The Labute approximate surface area is 105 Å². The van der Waals surface area contributed by atoms with Crippen LogP contribution in [-0.2, 0) is 13.6 Å². The minimum Gasteiger partial charge on any atom is -0.298 e. The molecule has 1 aliphatic heterocycles. The molecule has 1 fully saturated rings. The van der Waals surface area contributed by atoms with Gasteiger partial charge in [0.2, 0.25) is 0 Å². The molecular weight excluding hydrogens is 210 g/mol. The van der Waals surface area contributed by atoms with E-state index in [-0.39, 0.29) is 0 Å². The lowest BCUT2D eigenvalue weighted by atomic mass is 9.75. The van der Waals surface area contributed by atoms with Gasteiger partial charge in [-0.15, -0.1) is 0 Å². The number of aryl methyl sites for hydroxylation is 1. The van der Waals surface area contributed by atoms with Crippen LogP contribution in [-0.4, -0.2) is 27.8 Å². The standard InChI is InChI=1S/C14H25N3/c1-14(2,3)12-6-9-17(10-7-12)11-13-5-8-15-16(13)4/h5,8,12H,6-7,9-11H2,1-4H3. The molecule has 0 atom stereocenters. The van der Waals surface area contributed by atoms with Crippen LogP contribution in [0.3, 0.4) is 0 Å². The number of hydrogen-bond acceptors (Lipinski definition) is 2. The van der Waals surface area contributed by atoms with E-state index in [0.717, 1.165) is 12.5 Å². The molecule has 0 aliphatic carbocycles. The van der Waals surface area contributed by atoms with Crippen molar-refractivity contribution in [2.75, 3.05) is 13.1 Å². The molecule has 17 heavy (non-hydrogen) atoms. The van der Waals surface area contributed by atoms with Crippen LogP contribution in [0.2, 0.25) is 0 Å². The van der Waals surface area contributed by atoms with Crippen LogP contribution in [0.15, 0.2) is 12.3 Å². The summed E-state index contributed by atoms with van der Waals surface area (Å²) in [5.74, 6) is 0.880. The lowest BCUT2D eigenvalue weighted by molar-refractivity contribution is 0.106. The van der Waals surface area contributed by atoms with Gasteiger partial charge in [-0.3, -0.25) is 9.58 Å². The van der Waals surface area contributed by atoms with E-state index in [4.69, 9.17) is 0 Å². The van der Waals surface area contributed by atoms with Gasteiger partial charge in [-0.2, -0.15) is 5.10 Å². The van der Waals surface area contributed by atoms with Crippen LogP contribution >= 0.6 is 0 Å². The fraction of sp³-hybridized carbons (Fsp3) is 0.786. The third kappa shape index (κ3) is 3.09. The Balaban J connectivity index is 1.86. The summed E-state index contributed by atoms with van der Waals surface area (Å²) in [6.45, 7) is 10.6. The Morgan fingerprint density at radius 2 is 1.94 bits per heavy atom. The van der Waals surface area contributed by atoms with Crippen molar-refractivity contribution in [3.8, 4) is 0 Å². The number of hydrogen-bond donors (Lipinski definition) is 0. The van der Waals surface area contributed by atoms with Crippen molar-refractivity contribution in [1.82, 2.24) is 14.7 Å². The van der Waals surface area contributed by atoms with E-state index in [1.54, 1.807) is 0 Å². The zero-order chi connectivity index (χ0) is 12.5. The molecule has 0 unspecified atom stereocenters. The van der Waals surface area contributed by atoms with E-state index in [9.17, 15) is 0 Å². The summed E-state index contributed by atoms with van der Waals surface area (Å²) < 4.78 is 1.98. The van der Waals surface area contributed by atoms with Crippen molar-refractivity contribution < 1.29 is 0 Å². The molecule has 0 bridgehead atoms. The monoisotopic (exact) mass is 235 g/mol. The fourth-order valence-electron chi connectivity index (χ4n) is 2.74. The van der Waals surface area contributed by atoms with Gasteiger partial charge in [-0.25, -0.2) is 0 Å². The fourth-order valence-corrected chi connectivity index (χ4v) is 2.74. The van der Waals surface area contributed by atoms with Crippen molar-refractivity contribution in [3.05, 3.63) is 18.0 Å². The first-order valence-corrected chi connectivity index (χ1v) is 6.66. The van der Waals surface area contributed by atoms with Gasteiger partial charge in [-0.05, 0) is 43.3 Å². The molecule has 1 aromatic heterocycles. The molecule has 1 saturated heterocycles. The maximum Gasteiger partial charge on any atom is 0.0521 e. The Morgan fingerprint density at radius 1 is 1.29 bits per heavy atom. The van der Waals surface area contributed by atoms with Crippen molar-refractivity contribution >= 4 is 0 Å². The minimum absolute atomic E-state index is 0.471. The molecule has 0 aromatic carbocycles. The molecule has 0 spiro atoms. The molecule has 0 saturated carbocycles. The summed E-state index contributed by atoms with van der Waals surface area (Å²) in [6, 6.07) is 2.12. The van der Waals surface area contributed by atoms with Crippen LogP contribution in [0.1, 0.15) is 39.3 Å². The van der Waals surface area contributed by atoms with E-state index in [1.165, 1.54) is 31.6 Å². The smallest absolute Gasteiger partial charge is 0.0521 e. The van der Waals surface area contributed by atoms with Crippen LogP contribution in [0.5, 0.6) is 0 Å². The predicted octanol–water partition coefficient (Wildman–Crippen LogP) is 2.68. The van der Waals surface area contributed by atoms with Gasteiger partial charge < -0.3 is 0 Å². The van der Waals surface area contributed by atoms with Gasteiger partial charge in [0.1, 0.15) is 0 Å². The first-order chi connectivity index (χ1) is 7.97. The molecule has 0 N–H and O–H groups in total. The Hall–Kier alpha value is -0.830. The zero-order valence-corrected chi connectivity index (χ0v) is 11.6. The maximum absolute atomic E-state index is 4.23. The van der Waals surface area contributed by atoms with Gasteiger partial charge >= 0.3 is 0 Å². The van der Waals surface area contributed by atoms with Crippen molar-refractivity contribution in [2.24, 2.45) is 18.4 Å². The largest absolute Gasteiger partial charge is 0.298 e.